The third kappa shape index (κ3) is 5.81. The molecular weight excluding hydrogens is 267 g/mol. The standard InChI is InChI=1S/C11H21BF3N2.K/c13-12(14,15)10-16-6-4-5-11(9-16)17-7-2-1-3-8-17;/h11H,1-10H2;/q-1;+1. The van der Waals surface area contributed by atoms with Gasteiger partial charge in [0.15, 0.2) is 0 Å². The van der Waals surface area contributed by atoms with Gasteiger partial charge in [-0.1, -0.05) is 6.42 Å². The van der Waals surface area contributed by atoms with Gasteiger partial charge >= 0.3 is 58.4 Å². The Bertz CT molecular complexity index is 247. The van der Waals surface area contributed by atoms with Crippen molar-refractivity contribution in [3.63, 3.8) is 0 Å². The van der Waals surface area contributed by atoms with Crippen LogP contribution >= 0.6 is 0 Å². The minimum absolute atomic E-state index is 0. The largest absolute Gasteiger partial charge is 1.00 e. The molecule has 1 atom stereocenters. The molecule has 2 fully saturated rings. The molecule has 2 aliphatic heterocycles. The fourth-order valence-electron chi connectivity index (χ4n) is 3.07. The molecule has 0 spiro atoms. The quantitative estimate of drug-likeness (QED) is 0.636. The normalized spacial score (nSPS) is 27.8. The van der Waals surface area contributed by atoms with E-state index < -0.39 is 13.4 Å². The van der Waals surface area contributed by atoms with Gasteiger partial charge in [-0.15, -0.1) is 0 Å². The van der Waals surface area contributed by atoms with E-state index in [0.29, 0.717) is 19.1 Å². The molecule has 0 aromatic rings. The summed E-state index contributed by atoms with van der Waals surface area (Å²) in [5.41, 5.74) is 0. The first-order chi connectivity index (χ1) is 8.04. The maximum atomic E-state index is 12.4. The fourth-order valence-corrected chi connectivity index (χ4v) is 3.07. The molecule has 0 saturated carbocycles. The van der Waals surface area contributed by atoms with Crippen LogP contribution < -0.4 is 51.4 Å². The summed E-state index contributed by atoms with van der Waals surface area (Å²) in [7, 11) is 0. The van der Waals surface area contributed by atoms with E-state index in [2.05, 4.69) is 4.90 Å². The van der Waals surface area contributed by atoms with Crippen molar-refractivity contribution >= 4 is 6.98 Å². The molecule has 0 amide bonds. The Morgan fingerprint density at radius 2 is 1.61 bits per heavy atom. The maximum Gasteiger partial charge on any atom is 1.00 e. The van der Waals surface area contributed by atoms with Crippen LogP contribution in [0.15, 0.2) is 0 Å². The molecule has 0 aromatic carbocycles. The van der Waals surface area contributed by atoms with Gasteiger partial charge in [-0.3, -0.25) is 4.90 Å². The number of piperidine rings is 2. The second kappa shape index (κ2) is 8.00. The maximum absolute atomic E-state index is 12.4. The Kier molecular flexibility index (Phi) is 7.76. The van der Waals surface area contributed by atoms with Crippen molar-refractivity contribution in [2.45, 2.75) is 38.1 Å². The zero-order valence-corrected chi connectivity index (χ0v) is 14.4. The topological polar surface area (TPSA) is 6.48 Å². The summed E-state index contributed by atoms with van der Waals surface area (Å²) in [5, 5.41) is 0. The van der Waals surface area contributed by atoms with Gasteiger partial charge in [-0.2, -0.15) is 0 Å². The monoisotopic (exact) mass is 288 g/mol. The van der Waals surface area contributed by atoms with Crippen LogP contribution in [0.25, 0.3) is 0 Å². The molecule has 7 heteroatoms. The van der Waals surface area contributed by atoms with Gasteiger partial charge in [-0.25, -0.2) is 0 Å². The van der Waals surface area contributed by atoms with Gasteiger partial charge in [0.1, 0.15) is 0 Å². The Morgan fingerprint density at radius 1 is 0.944 bits per heavy atom. The molecule has 100 valence electrons. The fraction of sp³-hybridized carbons (Fsp3) is 1.00. The molecule has 0 aromatic heterocycles. The molecule has 2 heterocycles. The smallest absolute Gasteiger partial charge is 0.448 e. The molecule has 2 saturated heterocycles. The van der Waals surface area contributed by atoms with Gasteiger partial charge < -0.3 is 17.8 Å². The molecule has 2 aliphatic rings. The van der Waals surface area contributed by atoms with E-state index in [1.807, 2.05) is 0 Å². The summed E-state index contributed by atoms with van der Waals surface area (Å²) in [6.07, 6.45) is 5.00. The van der Waals surface area contributed by atoms with E-state index in [-0.39, 0.29) is 51.4 Å². The van der Waals surface area contributed by atoms with Crippen LogP contribution in [0.3, 0.4) is 0 Å². The summed E-state index contributed by atoms with van der Waals surface area (Å²) < 4.78 is 37.3. The number of hydrogen-bond acceptors (Lipinski definition) is 2. The first-order valence-corrected chi connectivity index (χ1v) is 6.72. The number of rotatable bonds is 3. The molecule has 1 unspecified atom stereocenters. The predicted molar refractivity (Wildman–Crippen MR) is 64.0 cm³/mol. The summed E-state index contributed by atoms with van der Waals surface area (Å²) in [4.78, 5) is 4.00. The Morgan fingerprint density at radius 3 is 2.22 bits per heavy atom. The summed E-state index contributed by atoms with van der Waals surface area (Å²) in [6, 6.07) is 0.363. The number of halogens is 3. The van der Waals surface area contributed by atoms with Crippen LogP contribution in [-0.2, 0) is 0 Å². The summed E-state index contributed by atoms with van der Waals surface area (Å²) in [6.45, 7) is -1.28. The van der Waals surface area contributed by atoms with Gasteiger partial charge in [0, 0.05) is 12.6 Å². The summed E-state index contributed by atoms with van der Waals surface area (Å²) >= 11 is 0. The number of hydrogen-bond donors (Lipinski definition) is 0. The molecule has 0 aliphatic carbocycles. The second-order valence-electron chi connectivity index (χ2n) is 5.36. The minimum atomic E-state index is -4.67. The van der Waals surface area contributed by atoms with Gasteiger partial charge in [0.05, 0.1) is 0 Å². The van der Waals surface area contributed by atoms with Crippen molar-refractivity contribution in [3.05, 3.63) is 0 Å². The molecule has 18 heavy (non-hydrogen) atoms. The van der Waals surface area contributed by atoms with Gasteiger partial charge in [-0.05, 0) is 51.8 Å². The molecule has 2 rings (SSSR count). The molecule has 0 bridgehead atoms. The predicted octanol–water partition coefficient (Wildman–Crippen LogP) is -0.673. The van der Waals surface area contributed by atoms with E-state index in [0.717, 1.165) is 25.9 Å². The van der Waals surface area contributed by atoms with Gasteiger partial charge in [0.25, 0.3) is 0 Å². The summed E-state index contributed by atoms with van der Waals surface area (Å²) in [5.74, 6) is 0. The van der Waals surface area contributed by atoms with Crippen molar-refractivity contribution < 1.29 is 64.3 Å². The van der Waals surface area contributed by atoms with Crippen LogP contribution in [0.5, 0.6) is 0 Å². The first-order valence-electron chi connectivity index (χ1n) is 6.72. The van der Waals surface area contributed by atoms with Crippen LogP contribution in [0, 0.1) is 0 Å². The van der Waals surface area contributed by atoms with E-state index in [1.54, 1.807) is 4.90 Å². The van der Waals surface area contributed by atoms with E-state index >= 15 is 0 Å². The van der Waals surface area contributed by atoms with Crippen molar-refractivity contribution in [1.29, 1.82) is 0 Å². The van der Waals surface area contributed by atoms with Crippen LogP contribution in [0.1, 0.15) is 32.1 Å². The first kappa shape index (κ1) is 17.5. The second-order valence-corrected chi connectivity index (χ2v) is 5.36. The van der Waals surface area contributed by atoms with Crippen molar-refractivity contribution in [1.82, 2.24) is 9.80 Å². The van der Waals surface area contributed by atoms with E-state index in [4.69, 9.17) is 0 Å². The third-order valence-corrected chi connectivity index (χ3v) is 3.85. The average Bonchev–Trinajstić information content (AvgIpc) is 2.28. The third-order valence-electron chi connectivity index (χ3n) is 3.85. The Labute approximate surface area is 150 Å². The molecule has 0 radical (unpaired) electrons. The number of nitrogens with zero attached hydrogens (tertiary/aromatic N) is 2. The number of likely N-dealkylation sites (tertiary alicyclic amines) is 2. The van der Waals surface area contributed by atoms with Crippen LogP contribution in [0.2, 0.25) is 0 Å². The Hall–Kier alpha value is 1.41. The van der Waals surface area contributed by atoms with Crippen molar-refractivity contribution in [2.75, 3.05) is 32.6 Å². The molecule has 2 nitrogen and oxygen atoms in total. The Balaban J connectivity index is 0.00000162. The zero-order valence-electron chi connectivity index (χ0n) is 11.3. The molecule has 0 N–H and O–H groups in total. The van der Waals surface area contributed by atoms with Crippen LogP contribution in [0.4, 0.5) is 12.9 Å². The van der Waals surface area contributed by atoms with E-state index in [9.17, 15) is 12.9 Å². The van der Waals surface area contributed by atoms with E-state index in [1.165, 1.54) is 19.3 Å². The molecular formula is C11H21BF3KN2. The van der Waals surface area contributed by atoms with Crippen molar-refractivity contribution in [2.24, 2.45) is 0 Å². The SMILES string of the molecule is F[B-](F)(F)CN1CCCC(N2CCCCC2)C1.[K+]. The van der Waals surface area contributed by atoms with Crippen LogP contribution in [-0.4, -0.2) is 55.4 Å². The van der Waals surface area contributed by atoms with Gasteiger partial charge in [0.2, 0.25) is 0 Å². The average molecular weight is 288 g/mol. The minimum Gasteiger partial charge on any atom is -0.448 e. The zero-order chi connectivity index (χ0) is 12.3. The van der Waals surface area contributed by atoms with Crippen molar-refractivity contribution in [3.8, 4) is 0 Å².